The summed E-state index contributed by atoms with van der Waals surface area (Å²) in [4.78, 5) is 14.9. The molecule has 0 spiro atoms. The van der Waals surface area contributed by atoms with Crippen LogP contribution in [0, 0.1) is 18.3 Å². The van der Waals surface area contributed by atoms with Crippen LogP contribution in [0.5, 0.6) is 0 Å². The summed E-state index contributed by atoms with van der Waals surface area (Å²) >= 11 is 0. The lowest BCUT2D eigenvalue weighted by molar-refractivity contribution is -0.122. The second kappa shape index (κ2) is 6.85. The standard InChI is InChI=1S/C21H26N4O/c1-2-3-10-21(23-24-21)11-9-19(26)22-16-20-12-18(13-20)15-25(20)14-17-7-5-4-6-8-17/h1,4-8,18H,3,9-16H2,(H,22,26). The minimum absolute atomic E-state index is 0.103. The first-order valence-electron chi connectivity index (χ1n) is 9.56. The van der Waals surface area contributed by atoms with Crippen molar-refractivity contribution in [2.24, 2.45) is 16.1 Å². The van der Waals surface area contributed by atoms with Gasteiger partial charge in [-0.2, -0.15) is 10.2 Å². The predicted molar refractivity (Wildman–Crippen MR) is 100 cm³/mol. The van der Waals surface area contributed by atoms with Gasteiger partial charge in [0.1, 0.15) is 0 Å². The van der Waals surface area contributed by atoms with E-state index in [-0.39, 0.29) is 17.1 Å². The first-order valence-corrected chi connectivity index (χ1v) is 9.56. The van der Waals surface area contributed by atoms with Crippen LogP contribution < -0.4 is 5.32 Å². The summed E-state index contributed by atoms with van der Waals surface area (Å²) in [6, 6.07) is 10.6. The Hall–Kier alpha value is -2.19. The van der Waals surface area contributed by atoms with Crippen molar-refractivity contribution in [1.29, 1.82) is 0 Å². The molecule has 4 aliphatic rings. The van der Waals surface area contributed by atoms with Crippen LogP contribution in [0.25, 0.3) is 0 Å². The molecule has 5 heteroatoms. The molecule has 3 heterocycles. The molecule has 136 valence electrons. The van der Waals surface area contributed by atoms with E-state index in [2.05, 4.69) is 56.7 Å². The zero-order valence-electron chi connectivity index (χ0n) is 15.2. The summed E-state index contributed by atoms with van der Waals surface area (Å²) in [6.07, 6.45) is 10.3. The fourth-order valence-corrected chi connectivity index (χ4v) is 4.53. The van der Waals surface area contributed by atoms with E-state index in [1.807, 2.05) is 0 Å². The molecule has 1 aromatic carbocycles. The molecule has 26 heavy (non-hydrogen) atoms. The number of hydrogen-bond acceptors (Lipinski definition) is 4. The second-order valence-electron chi connectivity index (χ2n) is 8.03. The Morgan fingerprint density at radius 1 is 1.27 bits per heavy atom. The molecule has 1 aliphatic carbocycles. The van der Waals surface area contributed by atoms with Crippen molar-refractivity contribution in [1.82, 2.24) is 10.2 Å². The molecule has 1 saturated carbocycles. The van der Waals surface area contributed by atoms with Crippen LogP contribution >= 0.6 is 0 Å². The fraction of sp³-hybridized carbons (Fsp3) is 0.571. The fourth-order valence-electron chi connectivity index (χ4n) is 4.53. The monoisotopic (exact) mass is 350 g/mol. The lowest BCUT2D eigenvalue weighted by Crippen LogP contribution is -2.53. The Morgan fingerprint density at radius 3 is 2.73 bits per heavy atom. The molecule has 2 bridgehead atoms. The Labute approximate surface area is 155 Å². The Kier molecular flexibility index (Phi) is 4.54. The molecule has 0 aromatic heterocycles. The first kappa shape index (κ1) is 17.2. The number of carbonyl (C=O) groups is 1. The number of benzene rings is 1. The Balaban J connectivity index is 1.25. The van der Waals surface area contributed by atoms with Gasteiger partial charge in [0.05, 0.1) is 0 Å². The highest BCUT2D eigenvalue weighted by molar-refractivity contribution is 5.76. The molecule has 1 aromatic rings. The Bertz CT molecular complexity index is 724. The van der Waals surface area contributed by atoms with Gasteiger partial charge in [-0.05, 0) is 24.3 Å². The van der Waals surface area contributed by atoms with Gasteiger partial charge in [-0.1, -0.05) is 30.3 Å². The van der Waals surface area contributed by atoms with Gasteiger partial charge in [0.2, 0.25) is 5.91 Å². The van der Waals surface area contributed by atoms with Crippen LogP contribution in [0.3, 0.4) is 0 Å². The summed E-state index contributed by atoms with van der Waals surface area (Å²) < 4.78 is 0. The van der Waals surface area contributed by atoms with Gasteiger partial charge < -0.3 is 5.32 Å². The van der Waals surface area contributed by atoms with Crippen LogP contribution in [0.15, 0.2) is 40.6 Å². The maximum atomic E-state index is 12.3. The zero-order valence-corrected chi connectivity index (χ0v) is 15.2. The highest BCUT2D eigenvalue weighted by atomic mass is 16.1. The normalized spacial score (nSPS) is 27.6. The zero-order chi connectivity index (χ0) is 18.0. The number of fused-ring (bicyclic) bond motifs is 1. The topological polar surface area (TPSA) is 57.1 Å². The van der Waals surface area contributed by atoms with Crippen molar-refractivity contribution in [2.75, 3.05) is 13.1 Å². The molecule has 5 rings (SSSR count). The summed E-state index contributed by atoms with van der Waals surface area (Å²) in [5.74, 6) is 3.52. The van der Waals surface area contributed by atoms with Crippen LogP contribution in [-0.2, 0) is 11.3 Å². The second-order valence-corrected chi connectivity index (χ2v) is 8.03. The van der Waals surface area contributed by atoms with Crippen LogP contribution in [0.1, 0.15) is 44.1 Å². The number of nitrogens with zero attached hydrogens (tertiary/aromatic N) is 3. The number of amides is 1. The maximum Gasteiger partial charge on any atom is 0.220 e. The molecule has 1 N–H and O–H groups in total. The molecule has 5 nitrogen and oxygen atoms in total. The molecule has 3 fully saturated rings. The SMILES string of the molecule is C#CCCC1(CCC(=O)NCC23CC(CN2Cc2ccccc2)C3)N=N1. The number of rotatable bonds is 9. The minimum atomic E-state index is -0.365. The third kappa shape index (κ3) is 3.52. The summed E-state index contributed by atoms with van der Waals surface area (Å²) in [7, 11) is 0. The molecule has 2 saturated heterocycles. The van der Waals surface area contributed by atoms with Crippen LogP contribution in [0.2, 0.25) is 0 Å². The Morgan fingerprint density at radius 2 is 2.04 bits per heavy atom. The van der Waals surface area contributed by atoms with Crippen molar-refractivity contribution in [3.05, 3.63) is 35.9 Å². The van der Waals surface area contributed by atoms with E-state index in [9.17, 15) is 4.79 Å². The van der Waals surface area contributed by atoms with Gasteiger partial charge in [-0.15, -0.1) is 12.3 Å². The predicted octanol–water partition coefficient (Wildman–Crippen LogP) is 3.12. The van der Waals surface area contributed by atoms with Gasteiger partial charge in [-0.25, -0.2) is 0 Å². The third-order valence-electron chi connectivity index (χ3n) is 6.12. The summed E-state index contributed by atoms with van der Waals surface area (Å²) in [5.41, 5.74) is 1.14. The number of hydrogen-bond donors (Lipinski definition) is 1. The van der Waals surface area contributed by atoms with Crippen molar-refractivity contribution >= 4 is 5.91 Å². The van der Waals surface area contributed by atoms with Crippen molar-refractivity contribution < 1.29 is 4.79 Å². The molecule has 1 amide bonds. The van der Waals surface area contributed by atoms with E-state index < -0.39 is 0 Å². The lowest BCUT2D eigenvalue weighted by Gasteiger charge is -2.42. The van der Waals surface area contributed by atoms with Gasteiger partial charge in [0, 0.05) is 50.9 Å². The number of terminal acetylenes is 1. The molecular formula is C21H26N4O. The lowest BCUT2D eigenvalue weighted by atomic mass is 9.73. The smallest absolute Gasteiger partial charge is 0.220 e. The average Bonchev–Trinajstić information content (AvgIpc) is 3.22. The van der Waals surface area contributed by atoms with E-state index in [4.69, 9.17) is 6.42 Å². The first-order chi connectivity index (χ1) is 12.6. The maximum absolute atomic E-state index is 12.3. The highest BCUT2D eigenvalue weighted by Crippen LogP contribution is 2.50. The number of carbonyl (C=O) groups excluding carboxylic acids is 1. The van der Waals surface area contributed by atoms with Crippen molar-refractivity contribution in [2.45, 2.75) is 56.3 Å². The minimum Gasteiger partial charge on any atom is -0.354 e. The molecular weight excluding hydrogens is 324 g/mol. The van der Waals surface area contributed by atoms with Gasteiger partial charge >= 0.3 is 0 Å². The molecule has 0 radical (unpaired) electrons. The van der Waals surface area contributed by atoms with Crippen molar-refractivity contribution in [3.8, 4) is 12.3 Å². The molecule has 0 unspecified atom stereocenters. The quantitative estimate of drug-likeness (QED) is 0.696. The molecule has 3 aliphatic heterocycles. The van der Waals surface area contributed by atoms with E-state index in [0.29, 0.717) is 19.3 Å². The van der Waals surface area contributed by atoms with Gasteiger partial charge in [-0.3, -0.25) is 9.69 Å². The van der Waals surface area contributed by atoms with Gasteiger partial charge in [0.15, 0.2) is 5.66 Å². The van der Waals surface area contributed by atoms with Crippen LogP contribution in [0.4, 0.5) is 0 Å². The van der Waals surface area contributed by atoms with E-state index >= 15 is 0 Å². The van der Waals surface area contributed by atoms with E-state index in [1.54, 1.807) is 0 Å². The number of nitrogens with one attached hydrogen (secondary N) is 1. The highest BCUT2D eigenvalue weighted by Gasteiger charge is 2.55. The molecule has 0 atom stereocenters. The third-order valence-corrected chi connectivity index (χ3v) is 6.12. The average molecular weight is 350 g/mol. The van der Waals surface area contributed by atoms with Crippen molar-refractivity contribution in [3.63, 3.8) is 0 Å². The summed E-state index contributed by atoms with van der Waals surface area (Å²) in [5, 5.41) is 11.4. The largest absolute Gasteiger partial charge is 0.354 e. The van der Waals surface area contributed by atoms with Crippen LogP contribution in [-0.4, -0.2) is 35.1 Å². The summed E-state index contributed by atoms with van der Waals surface area (Å²) in [6.45, 7) is 2.87. The van der Waals surface area contributed by atoms with E-state index in [1.165, 1.54) is 18.4 Å². The van der Waals surface area contributed by atoms with Gasteiger partial charge in [0.25, 0.3) is 0 Å². The van der Waals surface area contributed by atoms with E-state index in [0.717, 1.165) is 32.0 Å².